The van der Waals surface area contributed by atoms with Gasteiger partial charge in [0.25, 0.3) is 0 Å². The minimum Gasteiger partial charge on any atom is -0.303 e. The van der Waals surface area contributed by atoms with E-state index in [1.807, 2.05) is 0 Å². The summed E-state index contributed by atoms with van der Waals surface area (Å²) in [6.45, 7) is 7.44. The van der Waals surface area contributed by atoms with Crippen molar-refractivity contribution in [1.82, 2.24) is 4.90 Å². The normalized spacial score (nSPS) is 23.9. The minimum atomic E-state index is 0.352. The zero-order valence-electron chi connectivity index (χ0n) is 8.18. The Morgan fingerprint density at radius 1 is 1.42 bits per heavy atom. The number of ketones is 1. The van der Waals surface area contributed by atoms with Gasteiger partial charge in [-0.2, -0.15) is 0 Å². The molecule has 0 heterocycles. The lowest BCUT2D eigenvalue weighted by Gasteiger charge is -2.21. The lowest BCUT2D eigenvalue weighted by Crippen LogP contribution is -2.30. The fraction of sp³-hybridized carbons (Fsp3) is 0.900. The molecule has 1 unspecified atom stereocenters. The van der Waals surface area contributed by atoms with E-state index in [0.29, 0.717) is 11.7 Å². The highest BCUT2D eigenvalue weighted by Crippen LogP contribution is 2.21. The van der Waals surface area contributed by atoms with Gasteiger partial charge in [0.2, 0.25) is 0 Å². The summed E-state index contributed by atoms with van der Waals surface area (Å²) in [4.78, 5) is 13.7. The van der Waals surface area contributed by atoms with Gasteiger partial charge in [0.05, 0.1) is 0 Å². The molecule has 1 rings (SSSR count). The molecule has 12 heavy (non-hydrogen) atoms. The molecule has 2 heteroatoms. The number of Topliss-reactive ketones (excluding diaryl/α,β-unsaturated/α-hetero) is 1. The van der Waals surface area contributed by atoms with E-state index in [1.54, 1.807) is 0 Å². The molecule has 0 bridgehead atoms. The van der Waals surface area contributed by atoms with Crippen LogP contribution in [0.1, 0.15) is 33.1 Å². The van der Waals surface area contributed by atoms with Crippen molar-refractivity contribution >= 4 is 5.78 Å². The molecule has 0 aliphatic heterocycles. The van der Waals surface area contributed by atoms with Crippen molar-refractivity contribution in [3.8, 4) is 0 Å². The summed E-state index contributed by atoms with van der Waals surface area (Å²) in [5, 5.41) is 0. The molecule has 0 aromatic rings. The number of rotatable bonds is 4. The number of carbonyl (C=O) groups is 1. The van der Waals surface area contributed by atoms with Crippen molar-refractivity contribution in [3.63, 3.8) is 0 Å². The third kappa shape index (κ3) is 2.31. The zero-order valence-corrected chi connectivity index (χ0v) is 8.18. The van der Waals surface area contributed by atoms with Gasteiger partial charge in [-0.3, -0.25) is 4.79 Å². The quantitative estimate of drug-likeness (QED) is 0.638. The van der Waals surface area contributed by atoms with Crippen LogP contribution < -0.4 is 0 Å². The van der Waals surface area contributed by atoms with E-state index in [0.717, 1.165) is 38.9 Å². The molecule has 1 saturated carbocycles. The van der Waals surface area contributed by atoms with Crippen LogP contribution in [-0.4, -0.2) is 30.3 Å². The fourth-order valence-corrected chi connectivity index (χ4v) is 1.87. The third-order valence-corrected chi connectivity index (χ3v) is 2.80. The summed E-state index contributed by atoms with van der Waals surface area (Å²) in [6.07, 6.45) is 3.06. The molecule has 1 atom stereocenters. The molecule has 0 aromatic carbocycles. The third-order valence-electron chi connectivity index (χ3n) is 2.80. The van der Waals surface area contributed by atoms with Crippen LogP contribution in [0.15, 0.2) is 0 Å². The van der Waals surface area contributed by atoms with Gasteiger partial charge in [0.15, 0.2) is 0 Å². The summed E-state index contributed by atoms with van der Waals surface area (Å²) in [7, 11) is 0. The summed E-state index contributed by atoms with van der Waals surface area (Å²) < 4.78 is 0. The Hall–Kier alpha value is -0.370. The summed E-state index contributed by atoms with van der Waals surface area (Å²) in [6, 6.07) is 0. The van der Waals surface area contributed by atoms with Gasteiger partial charge < -0.3 is 4.90 Å². The van der Waals surface area contributed by atoms with Crippen LogP contribution in [0.4, 0.5) is 0 Å². The number of hydrogen-bond acceptors (Lipinski definition) is 2. The van der Waals surface area contributed by atoms with E-state index in [1.165, 1.54) is 0 Å². The van der Waals surface area contributed by atoms with Crippen LogP contribution in [0.5, 0.6) is 0 Å². The maximum absolute atomic E-state index is 11.3. The first-order valence-corrected chi connectivity index (χ1v) is 5.03. The highest BCUT2D eigenvalue weighted by atomic mass is 16.1. The van der Waals surface area contributed by atoms with Gasteiger partial charge in [-0.1, -0.05) is 13.8 Å². The van der Waals surface area contributed by atoms with Crippen LogP contribution in [0.25, 0.3) is 0 Å². The van der Waals surface area contributed by atoms with Crippen molar-refractivity contribution in [2.75, 3.05) is 19.6 Å². The maximum atomic E-state index is 11.3. The monoisotopic (exact) mass is 169 g/mol. The Labute approximate surface area is 74.9 Å². The zero-order chi connectivity index (χ0) is 8.97. The number of hydrogen-bond donors (Lipinski definition) is 0. The maximum Gasteiger partial charge on any atom is 0.137 e. The van der Waals surface area contributed by atoms with E-state index in [9.17, 15) is 4.79 Å². The van der Waals surface area contributed by atoms with Crippen molar-refractivity contribution in [3.05, 3.63) is 0 Å². The van der Waals surface area contributed by atoms with Gasteiger partial charge in [-0.15, -0.1) is 0 Å². The standard InChI is InChI=1S/C10H19NO/c1-3-11(4-2)8-9-6-5-7-10(9)12/h9H,3-8H2,1-2H3. The topological polar surface area (TPSA) is 20.3 Å². The van der Waals surface area contributed by atoms with Crippen molar-refractivity contribution in [2.45, 2.75) is 33.1 Å². The second-order valence-corrected chi connectivity index (χ2v) is 3.54. The first kappa shape index (κ1) is 9.72. The van der Waals surface area contributed by atoms with Crippen LogP contribution in [0.3, 0.4) is 0 Å². The predicted molar refractivity (Wildman–Crippen MR) is 50.1 cm³/mol. The van der Waals surface area contributed by atoms with Gasteiger partial charge >= 0.3 is 0 Å². The Morgan fingerprint density at radius 3 is 2.50 bits per heavy atom. The highest BCUT2D eigenvalue weighted by molar-refractivity contribution is 5.83. The highest BCUT2D eigenvalue weighted by Gasteiger charge is 2.25. The average Bonchev–Trinajstić information content (AvgIpc) is 2.47. The van der Waals surface area contributed by atoms with Crippen molar-refractivity contribution in [1.29, 1.82) is 0 Å². The van der Waals surface area contributed by atoms with Gasteiger partial charge in [-0.05, 0) is 25.9 Å². The van der Waals surface area contributed by atoms with Crippen molar-refractivity contribution in [2.24, 2.45) is 5.92 Å². The fourth-order valence-electron chi connectivity index (χ4n) is 1.87. The molecule has 0 radical (unpaired) electrons. The van der Waals surface area contributed by atoms with E-state index < -0.39 is 0 Å². The summed E-state index contributed by atoms with van der Waals surface area (Å²) in [5.41, 5.74) is 0. The van der Waals surface area contributed by atoms with E-state index in [-0.39, 0.29) is 0 Å². The molecule has 1 aliphatic carbocycles. The molecule has 1 aliphatic rings. The molecule has 0 N–H and O–H groups in total. The van der Waals surface area contributed by atoms with E-state index >= 15 is 0 Å². The minimum absolute atomic E-state index is 0.352. The Morgan fingerprint density at radius 2 is 2.08 bits per heavy atom. The van der Waals surface area contributed by atoms with Gasteiger partial charge in [0, 0.05) is 18.9 Å². The van der Waals surface area contributed by atoms with Gasteiger partial charge in [0.1, 0.15) is 5.78 Å². The molecule has 70 valence electrons. The van der Waals surface area contributed by atoms with Crippen LogP contribution in [0.2, 0.25) is 0 Å². The molecule has 0 saturated heterocycles. The lowest BCUT2D eigenvalue weighted by molar-refractivity contribution is -0.121. The Kier molecular flexibility index (Phi) is 3.73. The number of carbonyl (C=O) groups excluding carboxylic acids is 1. The second kappa shape index (κ2) is 4.61. The molecular formula is C10H19NO. The average molecular weight is 169 g/mol. The smallest absolute Gasteiger partial charge is 0.137 e. The second-order valence-electron chi connectivity index (χ2n) is 3.54. The molecule has 0 amide bonds. The summed E-state index contributed by atoms with van der Waals surface area (Å²) >= 11 is 0. The molecule has 0 aromatic heterocycles. The van der Waals surface area contributed by atoms with Crippen LogP contribution >= 0.6 is 0 Å². The van der Waals surface area contributed by atoms with E-state index in [2.05, 4.69) is 18.7 Å². The first-order chi connectivity index (χ1) is 5.77. The predicted octanol–water partition coefficient (Wildman–Crippen LogP) is 1.70. The van der Waals surface area contributed by atoms with Crippen molar-refractivity contribution < 1.29 is 4.79 Å². The SMILES string of the molecule is CCN(CC)CC1CCCC1=O. The van der Waals surface area contributed by atoms with Gasteiger partial charge in [-0.25, -0.2) is 0 Å². The summed E-state index contributed by atoms with van der Waals surface area (Å²) in [5.74, 6) is 0.840. The molecule has 2 nitrogen and oxygen atoms in total. The van der Waals surface area contributed by atoms with E-state index in [4.69, 9.17) is 0 Å². The van der Waals surface area contributed by atoms with Crippen LogP contribution in [0, 0.1) is 5.92 Å². The van der Waals surface area contributed by atoms with Crippen LogP contribution in [-0.2, 0) is 4.79 Å². The largest absolute Gasteiger partial charge is 0.303 e. The molecular weight excluding hydrogens is 150 g/mol. The number of nitrogens with zero attached hydrogens (tertiary/aromatic N) is 1. The molecule has 0 spiro atoms. The Balaban J connectivity index is 2.33. The lowest BCUT2D eigenvalue weighted by atomic mass is 10.1. The molecule has 1 fully saturated rings. The Bertz CT molecular complexity index is 152. The first-order valence-electron chi connectivity index (χ1n) is 5.03.